The van der Waals surface area contributed by atoms with E-state index in [0.29, 0.717) is 0 Å². The van der Waals surface area contributed by atoms with Crippen molar-refractivity contribution in [3.8, 4) is 22.3 Å². The molecule has 0 fully saturated rings. The second kappa shape index (κ2) is 11.4. The van der Waals surface area contributed by atoms with Crippen LogP contribution in [0.4, 0.5) is 34.1 Å². The summed E-state index contributed by atoms with van der Waals surface area (Å²) in [5.41, 5.74) is 17.2. The molecule has 50 heavy (non-hydrogen) atoms. The maximum Gasteiger partial charge on any atom is 0.0504 e. The first-order valence-corrected chi connectivity index (χ1v) is 17.6. The number of anilines is 6. The molecule has 2 heteroatoms. The van der Waals surface area contributed by atoms with Gasteiger partial charge in [-0.1, -0.05) is 131 Å². The fraction of sp³-hybridized carbons (Fsp3) is 0.125. The quantitative estimate of drug-likeness (QED) is 0.184. The summed E-state index contributed by atoms with van der Waals surface area (Å²) >= 11 is 0. The standard InChI is InChI=1S/C48H40N2/c1-47(2)41-23-15-14-22-39(41)40-27-25-37(31-42(40)47)49(35-18-10-6-11-19-35)38-26-29-46-44(32-38)48(3,4)43-30-34(33-16-8-5-9-17-33)24-28-45(43)50(46)36-20-12-7-13-21-36/h5-32H,1-4H3. The Bertz CT molecular complexity index is 2370. The van der Waals surface area contributed by atoms with Gasteiger partial charge in [0.2, 0.25) is 0 Å². The predicted octanol–water partition coefficient (Wildman–Crippen LogP) is 13.2. The molecule has 2 nitrogen and oxygen atoms in total. The van der Waals surface area contributed by atoms with Crippen molar-refractivity contribution in [1.29, 1.82) is 0 Å². The Morgan fingerprint density at radius 2 is 0.900 bits per heavy atom. The summed E-state index contributed by atoms with van der Waals surface area (Å²) in [6, 6.07) is 62.3. The van der Waals surface area contributed by atoms with Crippen molar-refractivity contribution in [2.75, 3.05) is 9.80 Å². The van der Waals surface area contributed by atoms with E-state index in [2.05, 4.69) is 207 Å². The highest BCUT2D eigenvalue weighted by atomic mass is 15.2. The Morgan fingerprint density at radius 3 is 1.62 bits per heavy atom. The lowest BCUT2D eigenvalue weighted by Gasteiger charge is -2.43. The second-order valence-electron chi connectivity index (χ2n) is 14.7. The van der Waals surface area contributed by atoms with Crippen LogP contribution in [0, 0.1) is 0 Å². The third-order valence-corrected chi connectivity index (χ3v) is 11.0. The van der Waals surface area contributed by atoms with Gasteiger partial charge in [0.15, 0.2) is 0 Å². The highest BCUT2D eigenvalue weighted by Crippen LogP contribution is 2.55. The van der Waals surface area contributed by atoms with E-state index in [0.717, 1.165) is 22.7 Å². The van der Waals surface area contributed by atoms with Crippen LogP contribution in [0.2, 0.25) is 0 Å². The van der Waals surface area contributed by atoms with E-state index in [1.807, 2.05) is 0 Å². The first kappa shape index (κ1) is 30.2. The molecule has 0 saturated heterocycles. The van der Waals surface area contributed by atoms with Crippen LogP contribution in [0.5, 0.6) is 0 Å². The van der Waals surface area contributed by atoms with E-state index in [-0.39, 0.29) is 10.8 Å². The minimum atomic E-state index is -0.263. The van der Waals surface area contributed by atoms with Crippen molar-refractivity contribution < 1.29 is 0 Å². The van der Waals surface area contributed by atoms with Gasteiger partial charge in [-0.15, -0.1) is 0 Å². The number of fused-ring (bicyclic) bond motifs is 5. The van der Waals surface area contributed by atoms with Crippen LogP contribution in [0.1, 0.15) is 49.9 Å². The zero-order chi connectivity index (χ0) is 34.0. The highest BCUT2D eigenvalue weighted by molar-refractivity contribution is 5.91. The number of hydrogen-bond donors (Lipinski definition) is 0. The van der Waals surface area contributed by atoms with E-state index in [1.54, 1.807) is 0 Å². The van der Waals surface area contributed by atoms with Crippen LogP contribution in [0.15, 0.2) is 170 Å². The van der Waals surface area contributed by atoms with Crippen LogP contribution in [0.3, 0.4) is 0 Å². The van der Waals surface area contributed by atoms with E-state index >= 15 is 0 Å². The molecule has 0 saturated carbocycles. The molecule has 242 valence electrons. The number of hydrogen-bond acceptors (Lipinski definition) is 2. The van der Waals surface area contributed by atoms with Crippen molar-refractivity contribution >= 4 is 34.1 Å². The summed E-state index contributed by atoms with van der Waals surface area (Å²) in [7, 11) is 0. The van der Waals surface area contributed by atoms with E-state index < -0.39 is 0 Å². The van der Waals surface area contributed by atoms with Gasteiger partial charge in [0.05, 0.1) is 11.4 Å². The third kappa shape index (κ3) is 4.63. The first-order chi connectivity index (χ1) is 24.3. The van der Waals surface area contributed by atoms with Crippen LogP contribution >= 0.6 is 0 Å². The number of benzene rings is 7. The molecule has 1 aliphatic carbocycles. The summed E-state index contributed by atoms with van der Waals surface area (Å²) in [4.78, 5) is 4.87. The molecule has 0 atom stereocenters. The fourth-order valence-corrected chi connectivity index (χ4v) is 8.39. The lowest BCUT2D eigenvalue weighted by atomic mass is 9.72. The lowest BCUT2D eigenvalue weighted by molar-refractivity contribution is 0.632. The summed E-state index contributed by atoms with van der Waals surface area (Å²) in [6.07, 6.45) is 0. The van der Waals surface area contributed by atoms with Gasteiger partial charge < -0.3 is 9.80 Å². The van der Waals surface area contributed by atoms with E-state index in [9.17, 15) is 0 Å². The Balaban J connectivity index is 1.24. The van der Waals surface area contributed by atoms with Crippen LogP contribution in [0.25, 0.3) is 22.3 Å². The molecule has 0 N–H and O–H groups in total. The topological polar surface area (TPSA) is 6.48 Å². The Morgan fingerprint density at radius 1 is 0.380 bits per heavy atom. The maximum absolute atomic E-state index is 2.44. The molecule has 1 heterocycles. The molecular weight excluding hydrogens is 605 g/mol. The molecule has 2 aliphatic rings. The highest BCUT2D eigenvalue weighted by Gasteiger charge is 2.39. The third-order valence-electron chi connectivity index (χ3n) is 11.0. The smallest absolute Gasteiger partial charge is 0.0504 e. The fourth-order valence-electron chi connectivity index (χ4n) is 8.39. The Labute approximate surface area is 295 Å². The zero-order valence-corrected chi connectivity index (χ0v) is 29.1. The molecule has 0 radical (unpaired) electrons. The van der Waals surface area contributed by atoms with Gasteiger partial charge >= 0.3 is 0 Å². The van der Waals surface area contributed by atoms with Gasteiger partial charge in [0.25, 0.3) is 0 Å². The van der Waals surface area contributed by atoms with Gasteiger partial charge in [-0.05, 0) is 111 Å². The Hall–Kier alpha value is -5.86. The van der Waals surface area contributed by atoms with E-state index in [1.165, 1.54) is 55.9 Å². The minimum Gasteiger partial charge on any atom is -0.310 e. The average molecular weight is 645 g/mol. The average Bonchev–Trinajstić information content (AvgIpc) is 3.39. The van der Waals surface area contributed by atoms with Gasteiger partial charge in [-0.3, -0.25) is 0 Å². The normalized spacial score (nSPS) is 14.7. The van der Waals surface area contributed by atoms with Crippen LogP contribution in [-0.4, -0.2) is 0 Å². The molecule has 0 aromatic heterocycles. The molecule has 7 aromatic rings. The molecule has 0 bridgehead atoms. The second-order valence-corrected chi connectivity index (χ2v) is 14.7. The van der Waals surface area contributed by atoms with E-state index in [4.69, 9.17) is 0 Å². The molecule has 9 rings (SSSR count). The van der Waals surface area contributed by atoms with Crippen molar-refractivity contribution in [2.24, 2.45) is 0 Å². The molecular formula is C48H40N2. The minimum absolute atomic E-state index is 0.0848. The van der Waals surface area contributed by atoms with Gasteiger partial charge in [0, 0.05) is 33.6 Å². The molecule has 7 aromatic carbocycles. The SMILES string of the molecule is CC1(C)c2ccccc2-c2ccc(N(c3ccccc3)c3ccc4c(c3)C(C)(C)c3cc(-c5ccccc5)ccc3N4c3ccccc3)cc21. The summed E-state index contributed by atoms with van der Waals surface area (Å²) in [5.74, 6) is 0. The maximum atomic E-state index is 2.44. The van der Waals surface area contributed by atoms with Crippen LogP contribution in [-0.2, 0) is 10.8 Å². The van der Waals surface area contributed by atoms with Gasteiger partial charge in [-0.2, -0.15) is 0 Å². The zero-order valence-electron chi connectivity index (χ0n) is 29.1. The largest absolute Gasteiger partial charge is 0.310 e. The Kier molecular flexibility index (Phi) is 6.86. The van der Waals surface area contributed by atoms with Crippen LogP contribution < -0.4 is 9.80 Å². The first-order valence-electron chi connectivity index (χ1n) is 17.6. The number of nitrogens with zero attached hydrogens (tertiary/aromatic N) is 2. The van der Waals surface area contributed by atoms with Crippen molar-refractivity contribution in [3.63, 3.8) is 0 Å². The summed E-state index contributed by atoms with van der Waals surface area (Å²) in [6.45, 7) is 9.48. The molecule has 0 amide bonds. The van der Waals surface area contributed by atoms with Gasteiger partial charge in [-0.25, -0.2) is 0 Å². The summed E-state index contributed by atoms with van der Waals surface area (Å²) in [5, 5.41) is 0. The lowest BCUT2D eigenvalue weighted by Crippen LogP contribution is -2.31. The van der Waals surface area contributed by atoms with Crippen molar-refractivity contribution in [1.82, 2.24) is 0 Å². The molecule has 1 aliphatic heterocycles. The van der Waals surface area contributed by atoms with Crippen molar-refractivity contribution in [2.45, 2.75) is 38.5 Å². The molecule has 0 unspecified atom stereocenters. The monoisotopic (exact) mass is 644 g/mol. The number of rotatable bonds is 5. The van der Waals surface area contributed by atoms with Crippen molar-refractivity contribution in [3.05, 3.63) is 192 Å². The summed E-state index contributed by atoms with van der Waals surface area (Å²) < 4.78 is 0. The number of para-hydroxylation sites is 2. The predicted molar refractivity (Wildman–Crippen MR) is 211 cm³/mol. The molecule has 0 spiro atoms. The van der Waals surface area contributed by atoms with Gasteiger partial charge in [0.1, 0.15) is 0 Å².